The Morgan fingerprint density at radius 3 is 2.26 bits per heavy atom. The maximum Gasteiger partial charge on any atom is 0.333 e. The first-order valence-corrected chi connectivity index (χ1v) is 8.76. The summed E-state index contributed by atoms with van der Waals surface area (Å²) >= 11 is 5.84. The molecular weight excluding hydrogens is 366 g/mol. The zero-order valence-electron chi connectivity index (χ0n) is 14.8. The van der Waals surface area contributed by atoms with Crippen LogP contribution in [0.5, 0.6) is 0 Å². The Balaban J connectivity index is 1.94. The first-order chi connectivity index (χ1) is 12.9. The molecule has 1 heterocycles. The van der Waals surface area contributed by atoms with Crippen LogP contribution in [0.15, 0.2) is 64.3 Å². The average molecular weight is 384 g/mol. The molecule has 0 spiro atoms. The van der Waals surface area contributed by atoms with Gasteiger partial charge in [-0.2, -0.15) is 0 Å². The number of hydrogen-bond acceptors (Lipinski definition) is 3. The molecule has 2 N–H and O–H groups in total. The van der Waals surface area contributed by atoms with Crippen molar-refractivity contribution in [3.05, 3.63) is 91.7 Å². The Hall–Kier alpha value is -3.12. The lowest BCUT2D eigenvalue weighted by Crippen LogP contribution is -2.38. The summed E-state index contributed by atoms with van der Waals surface area (Å²) in [6, 6.07) is 13.6. The average Bonchev–Trinajstić information content (AvgIpc) is 2.63. The molecule has 3 aromatic rings. The Bertz CT molecular complexity index is 1080. The standard InChI is InChI=1S/C20H18ClN3O3/c1-12(2)13-3-7-15(8-4-13)23-18(25)17-11-22-20(27)24(19(17)26)16-9-5-14(21)6-10-16/h3-12H,1-2H3,(H,22,27)(H,23,25). The first-order valence-electron chi connectivity index (χ1n) is 8.39. The third-order valence-electron chi connectivity index (χ3n) is 4.14. The highest BCUT2D eigenvalue weighted by molar-refractivity contribution is 6.30. The highest BCUT2D eigenvalue weighted by Gasteiger charge is 2.16. The zero-order valence-corrected chi connectivity index (χ0v) is 15.6. The number of nitrogens with one attached hydrogen (secondary N) is 2. The van der Waals surface area contributed by atoms with Crippen LogP contribution in [0.4, 0.5) is 5.69 Å². The van der Waals surface area contributed by atoms with E-state index in [0.29, 0.717) is 22.3 Å². The Kier molecular flexibility index (Phi) is 5.28. The molecule has 3 rings (SSSR count). The van der Waals surface area contributed by atoms with Crippen molar-refractivity contribution in [3.8, 4) is 5.69 Å². The summed E-state index contributed by atoms with van der Waals surface area (Å²) in [6.07, 6.45) is 1.12. The summed E-state index contributed by atoms with van der Waals surface area (Å²) in [5, 5.41) is 3.15. The lowest BCUT2D eigenvalue weighted by molar-refractivity contribution is 0.102. The quantitative estimate of drug-likeness (QED) is 0.722. The van der Waals surface area contributed by atoms with E-state index in [1.807, 2.05) is 12.1 Å². The Morgan fingerprint density at radius 1 is 1.04 bits per heavy atom. The second kappa shape index (κ2) is 7.63. The minimum Gasteiger partial charge on any atom is -0.322 e. The van der Waals surface area contributed by atoms with Crippen molar-refractivity contribution in [1.29, 1.82) is 0 Å². The number of hydrogen-bond donors (Lipinski definition) is 2. The minimum absolute atomic E-state index is 0.169. The predicted octanol–water partition coefficient (Wildman–Crippen LogP) is 3.55. The van der Waals surface area contributed by atoms with E-state index in [9.17, 15) is 14.4 Å². The van der Waals surface area contributed by atoms with Crippen LogP contribution in [0, 0.1) is 0 Å². The summed E-state index contributed by atoms with van der Waals surface area (Å²) in [5.41, 5.74) is 0.506. The minimum atomic E-state index is -0.711. The van der Waals surface area contributed by atoms with E-state index < -0.39 is 17.2 Å². The third kappa shape index (κ3) is 4.01. The maximum absolute atomic E-state index is 12.7. The maximum atomic E-state index is 12.7. The third-order valence-corrected chi connectivity index (χ3v) is 4.39. The van der Waals surface area contributed by atoms with Crippen molar-refractivity contribution in [2.45, 2.75) is 19.8 Å². The van der Waals surface area contributed by atoms with Gasteiger partial charge in [0.05, 0.1) is 5.69 Å². The largest absolute Gasteiger partial charge is 0.333 e. The van der Waals surface area contributed by atoms with Gasteiger partial charge in [0.2, 0.25) is 0 Å². The molecule has 27 heavy (non-hydrogen) atoms. The second-order valence-corrected chi connectivity index (χ2v) is 6.79. The molecule has 1 amide bonds. The molecule has 0 aliphatic carbocycles. The molecule has 1 aromatic heterocycles. The van der Waals surface area contributed by atoms with Gasteiger partial charge in [-0.25, -0.2) is 9.36 Å². The van der Waals surface area contributed by atoms with Crippen LogP contribution >= 0.6 is 11.6 Å². The van der Waals surface area contributed by atoms with E-state index in [2.05, 4.69) is 24.1 Å². The molecule has 7 heteroatoms. The van der Waals surface area contributed by atoms with E-state index in [0.717, 1.165) is 16.3 Å². The Morgan fingerprint density at radius 2 is 1.67 bits per heavy atom. The van der Waals surface area contributed by atoms with Crippen LogP contribution in [-0.2, 0) is 0 Å². The number of anilines is 1. The zero-order chi connectivity index (χ0) is 19.6. The monoisotopic (exact) mass is 383 g/mol. The molecule has 138 valence electrons. The molecule has 0 fully saturated rings. The number of carbonyl (C=O) groups excluding carboxylic acids is 1. The van der Waals surface area contributed by atoms with Crippen LogP contribution in [0.25, 0.3) is 5.69 Å². The molecule has 0 bridgehead atoms. The summed E-state index contributed by atoms with van der Waals surface area (Å²) in [5.74, 6) is -0.225. The van der Waals surface area contributed by atoms with E-state index in [-0.39, 0.29) is 5.56 Å². The molecule has 6 nitrogen and oxygen atoms in total. The summed E-state index contributed by atoms with van der Waals surface area (Å²) < 4.78 is 0.896. The van der Waals surface area contributed by atoms with Gasteiger partial charge in [-0.1, -0.05) is 37.6 Å². The first kappa shape index (κ1) is 18.7. The molecule has 0 saturated carbocycles. The molecule has 0 unspecified atom stereocenters. The molecule has 0 aliphatic heterocycles. The topological polar surface area (TPSA) is 84.0 Å². The van der Waals surface area contributed by atoms with Crippen molar-refractivity contribution in [3.63, 3.8) is 0 Å². The molecule has 0 saturated heterocycles. The van der Waals surface area contributed by atoms with Gasteiger partial charge in [0.1, 0.15) is 5.56 Å². The van der Waals surface area contributed by atoms with Gasteiger partial charge < -0.3 is 10.3 Å². The number of aromatic amines is 1. The van der Waals surface area contributed by atoms with Gasteiger partial charge in [0.25, 0.3) is 11.5 Å². The van der Waals surface area contributed by atoms with Crippen molar-refractivity contribution in [1.82, 2.24) is 9.55 Å². The van der Waals surface area contributed by atoms with Crippen molar-refractivity contribution in [2.24, 2.45) is 0 Å². The fourth-order valence-corrected chi connectivity index (χ4v) is 2.74. The smallest absolute Gasteiger partial charge is 0.322 e. The van der Waals surface area contributed by atoms with Crippen molar-refractivity contribution >= 4 is 23.2 Å². The van der Waals surface area contributed by atoms with Crippen LogP contribution in [-0.4, -0.2) is 15.5 Å². The van der Waals surface area contributed by atoms with Crippen LogP contribution in [0.1, 0.15) is 35.7 Å². The number of benzene rings is 2. The lowest BCUT2D eigenvalue weighted by atomic mass is 10.0. The van der Waals surface area contributed by atoms with Gasteiger partial charge in [0, 0.05) is 16.9 Å². The number of rotatable bonds is 4. The molecular formula is C20H18ClN3O3. The van der Waals surface area contributed by atoms with Gasteiger partial charge in [0.15, 0.2) is 0 Å². The van der Waals surface area contributed by atoms with Gasteiger partial charge in [-0.15, -0.1) is 0 Å². The summed E-state index contributed by atoms with van der Waals surface area (Å²) in [7, 11) is 0. The molecule has 2 aromatic carbocycles. The predicted molar refractivity (Wildman–Crippen MR) is 106 cm³/mol. The van der Waals surface area contributed by atoms with E-state index in [1.54, 1.807) is 24.3 Å². The number of carbonyl (C=O) groups is 1. The number of aromatic nitrogens is 2. The lowest BCUT2D eigenvalue weighted by Gasteiger charge is -2.10. The fraction of sp³-hybridized carbons (Fsp3) is 0.150. The second-order valence-electron chi connectivity index (χ2n) is 6.36. The number of nitrogens with zero attached hydrogens (tertiary/aromatic N) is 1. The van der Waals surface area contributed by atoms with Crippen LogP contribution in [0.2, 0.25) is 5.02 Å². The van der Waals surface area contributed by atoms with Gasteiger partial charge in [-0.05, 0) is 47.9 Å². The number of halogens is 1. The Labute approximate surface area is 160 Å². The summed E-state index contributed by atoms with van der Waals surface area (Å²) in [6.45, 7) is 4.15. The molecule has 0 aliphatic rings. The van der Waals surface area contributed by atoms with E-state index in [1.165, 1.54) is 12.1 Å². The van der Waals surface area contributed by atoms with Crippen LogP contribution < -0.4 is 16.6 Å². The highest BCUT2D eigenvalue weighted by atomic mass is 35.5. The molecule has 0 radical (unpaired) electrons. The van der Waals surface area contributed by atoms with E-state index in [4.69, 9.17) is 11.6 Å². The molecule has 0 atom stereocenters. The number of H-pyrrole nitrogens is 1. The SMILES string of the molecule is CC(C)c1ccc(NC(=O)c2c[nH]c(=O)n(-c3ccc(Cl)cc3)c2=O)cc1. The number of amides is 1. The van der Waals surface area contributed by atoms with Gasteiger partial charge in [-0.3, -0.25) is 9.59 Å². The normalized spacial score (nSPS) is 10.8. The van der Waals surface area contributed by atoms with Crippen molar-refractivity contribution < 1.29 is 4.79 Å². The van der Waals surface area contributed by atoms with Crippen LogP contribution in [0.3, 0.4) is 0 Å². The van der Waals surface area contributed by atoms with Gasteiger partial charge >= 0.3 is 5.69 Å². The highest BCUT2D eigenvalue weighted by Crippen LogP contribution is 2.17. The van der Waals surface area contributed by atoms with Crippen molar-refractivity contribution in [2.75, 3.05) is 5.32 Å². The fourth-order valence-electron chi connectivity index (χ4n) is 2.61. The van der Waals surface area contributed by atoms with E-state index >= 15 is 0 Å². The summed E-state index contributed by atoms with van der Waals surface area (Å²) in [4.78, 5) is 39.8.